The number of carbonyl (C=O) groups excluding carboxylic acids is 1. The molecule has 2 aliphatic rings. The lowest BCUT2D eigenvalue weighted by atomic mass is 10.0. The third-order valence-electron chi connectivity index (χ3n) is 4.29. The highest BCUT2D eigenvalue weighted by Crippen LogP contribution is 2.38. The Morgan fingerprint density at radius 1 is 1.39 bits per heavy atom. The summed E-state index contributed by atoms with van der Waals surface area (Å²) in [5.74, 6) is 0.129. The molecule has 5 nitrogen and oxygen atoms in total. The summed E-state index contributed by atoms with van der Waals surface area (Å²) in [6.45, 7) is 3.24. The third-order valence-corrected chi connectivity index (χ3v) is 6.33. The summed E-state index contributed by atoms with van der Waals surface area (Å²) in [6, 6.07) is 6.16. The molecular formula is C16H22N2O3S2. The minimum atomic E-state index is -3.23. The van der Waals surface area contributed by atoms with Crippen molar-refractivity contribution in [2.45, 2.75) is 42.4 Å². The Kier molecular flexibility index (Phi) is 4.71. The number of amides is 1. The number of nitrogens with zero attached hydrogens (tertiary/aromatic N) is 1. The fourth-order valence-corrected chi connectivity index (χ4v) is 5.43. The van der Waals surface area contributed by atoms with Crippen LogP contribution in [0.3, 0.4) is 0 Å². The molecule has 1 fully saturated rings. The predicted octanol–water partition coefficient (Wildman–Crippen LogP) is 1.55. The molecule has 7 heteroatoms. The van der Waals surface area contributed by atoms with Gasteiger partial charge in [-0.2, -0.15) is 0 Å². The Bertz CT molecular complexity index is 718. The molecule has 2 heterocycles. The van der Waals surface area contributed by atoms with Crippen LogP contribution in [0, 0.1) is 6.92 Å². The number of hydrogen-bond acceptors (Lipinski definition) is 4. The zero-order chi connectivity index (χ0) is 16.6. The van der Waals surface area contributed by atoms with Gasteiger partial charge >= 0.3 is 0 Å². The van der Waals surface area contributed by atoms with E-state index in [4.69, 9.17) is 0 Å². The van der Waals surface area contributed by atoms with Gasteiger partial charge in [-0.15, -0.1) is 11.8 Å². The summed E-state index contributed by atoms with van der Waals surface area (Å²) >= 11 is 1.64. The number of sulfonamides is 1. The number of aryl methyl sites for hydroxylation is 1. The second-order valence-electron chi connectivity index (χ2n) is 6.44. The average molecular weight is 354 g/mol. The molecule has 1 amide bonds. The Labute approximate surface area is 141 Å². The van der Waals surface area contributed by atoms with Crippen LogP contribution in [0.4, 0.5) is 0 Å². The van der Waals surface area contributed by atoms with E-state index < -0.39 is 10.0 Å². The van der Waals surface area contributed by atoms with Crippen LogP contribution in [0.1, 0.15) is 24.0 Å². The van der Waals surface area contributed by atoms with Gasteiger partial charge < -0.3 is 4.90 Å². The van der Waals surface area contributed by atoms with Gasteiger partial charge in [0.25, 0.3) is 0 Å². The van der Waals surface area contributed by atoms with Gasteiger partial charge in [-0.1, -0.05) is 17.7 Å². The number of likely N-dealkylation sites (tertiary alicyclic amines) is 1. The van der Waals surface area contributed by atoms with Crippen molar-refractivity contribution in [2.75, 3.05) is 19.3 Å². The number of rotatable bonds is 3. The fourth-order valence-electron chi connectivity index (χ4n) is 3.25. The van der Waals surface area contributed by atoms with Gasteiger partial charge in [-0.3, -0.25) is 4.79 Å². The molecule has 126 valence electrons. The number of benzene rings is 1. The highest BCUT2D eigenvalue weighted by atomic mass is 32.2. The minimum Gasteiger partial charge on any atom is -0.340 e. The molecule has 0 saturated carbocycles. The van der Waals surface area contributed by atoms with E-state index in [2.05, 4.69) is 29.8 Å². The first-order valence-electron chi connectivity index (χ1n) is 7.84. The molecule has 2 aliphatic heterocycles. The molecule has 1 aromatic carbocycles. The first-order chi connectivity index (χ1) is 10.8. The van der Waals surface area contributed by atoms with E-state index in [0.29, 0.717) is 13.1 Å². The smallest absolute Gasteiger partial charge is 0.236 e. The molecule has 2 unspecified atom stereocenters. The molecule has 23 heavy (non-hydrogen) atoms. The number of carbonyl (C=O) groups is 1. The van der Waals surface area contributed by atoms with E-state index in [9.17, 15) is 13.2 Å². The molecule has 1 aromatic rings. The van der Waals surface area contributed by atoms with Crippen LogP contribution in [-0.2, 0) is 21.2 Å². The standard InChI is InChI=1S/C16H22N2O3S2/c1-11-5-6-12-9-15(22-14(12)8-11)16(19)18-7-3-4-13(10-18)17-23(2,20)21/h5-6,8,13,15,17H,3-4,7,9-10H2,1-2H3. The van der Waals surface area contributed by atoms with Crippen LogP contribution in [0.15, 0.2) is 23.1 Å². The lowest BCUT2D eigenvalue weighted by molar-refractivity contribution is -0.131. The summed E-state index contributed by atoms with van der Waals surface area (Å²) in [7, 11) is -3.23. The van der Waals surface area contributed by atoms with Gasteiger partial charge in [0.1, 0.15) is 0 Å². The maximum atomic E-state index is 12.8. The van der Waals surface area contributed by atoms with Crippen LogP contribution < -0.4 is 4.72 Å². The Morgan fingerprint density at radius 3 is 2.91 bits per heavy atom. The SMILES string of the molecule is Cc1ccc2c(c1)SC(C(=O)N1CCCC(NS(C)(=O)=O)C1)C2. The summed E-state index contributed by atoms with van der Waals surface area (Å²) in [4.78, 5) is 15.8. The van der Waals surface area contributed by atoms with E-state index in [1.807, 2.05) is 4.90 Å². The largest absolute Gasteiger partial charge is 0.340 e. The summed E-state index contributed by atoms with van der Waals surface area (Å²) in [5, 5.41) is -0.0798. The summed E-state index contributed by atoms with van der Waals surface area (Å²) < 4.78 is 25.4. The van der Waals surface area contributed by atoms with Crippen LogP contribution >= 0.6 is 11.8 Å². The molecular weight excluding hydrogens is 332 g/mol. The van der Waals surface area contributed by atoms with Crippen LogP contribution in [-0.4, -0.2) is 49.9 Å². The monoisotopic (exact) mass is 354 g/mol. The first-order valence-corrected chi connectivity index (χ1v) is 10.6. The average Bonchev–Trinajstić information content (AvgIpc) is 2.88. The highest BCUT2D eigenvalue weighted by Gasteiger charge is 2.34. The second kappa shape index (κ2) is 6.45. The lowest BCUT2D eigenvalue weighted by Crippen LogP contribution is -2.51. The molecule has 3 rings (SSSR count). The second-order valence-corrected chi connectivity index (χ2v) is 9.46. The molecule has 1 N–H and O–H groups in total. The van der Waals surface area contributed by atoms with Gasteiger partial charge in [-0.25, -0.2) is 13.1 Å². The highest BCUT2D eigenvalue weighted by molar-refractivity contribution is 8.01. The number of nitrogens with one attached hydrogen (secondary N) is 1. The van der Waals surface area contributed by atoms with Gasteiger partial charge in [0.05, 0.1) is 11.5 Å². The molecule has 0 bridgehead atoms. The van der Waals surface area contributed by atoms with Gasteiger partial charge in [-0.05, 0) is 37.8 Å². The van der Waals surface area contributed by atoms with Crippen molar-refractivity contribution < 1.29 is 13.2 Å². The maximum absolute atomic E-state index is 12.8. The van der Waals surface area contributed by atoms with Crippen LogP contribution in [0.2, 0.25) is 0 Å². The van der Waals surface area contributed by atoms with Crippen molar-refractivity contribution in [3.63, 3.8) is 0 Å². The molecule has 0 aliphatic carbocycles. The van der Waals surface area contributed by atoms with E-state index in [1.54, 1.807) is 11.8 Å². The normalized spacial score (nSPS) is 24.5. The first kappa shape index (κ1) is 16.8. The Balaban J connectivity index is 1.65. The van der Waals surface area contributed by atoms with Gasteiger partial charge in [0, 0.05) is 24.0 Å². The predicted molar refractivity (Wildman–Crippen MR) is 92.1 cm³/mol. The van der Waals surface area contributed by atoms with Crippen molar-refractivity contribution in [1.29, 1.82) is 0 Å². The topological polar surface area (TPSA) is 66.5 Å². The van der Waals surface area contributed by atoms with Crippen molar-refractivity contribution in [2.24, 2.45) is 0 Å². The van der Waals surface area contributed by atoms with Crippen molar-refractivity contribution >= 4 is 27.7 Å². The van der Waals surface area contributed by atoms with Crippen molar-refractivity contribution in [3.05, 3.63) is 29.3 Å². The Hall–Kier alpha value is -1.05. The number of hydrogen-bond donors (Lipinski definition) is 1. The maximum Gasteiger partial charge on any atom is 0.236 e. The third kappa shape index (κ3) is 4.08. The zero-order valence-corrected chi connectivity index (χ0v) is 15.0. The zero-order valence-electron chi connectivity index (χ0n) is 13.4. The van der Waals surface area contributed by atoms with E-state index in [-0.39, 0.29) is 17.2 Å². The molecule has 0 spiro atoms. The van der Waals surface area contributed by atoms with E-state index in [1.165, 1.54) is 22.3 Å². The van der Waals surface area contributed by atoms with Crippen molar-refractivity contribution in [3.8, 4) is 0 Å². The minimum absolute atomic E-state index is 0.0798. The van der Waals surface area contributed by atoms with Gasteiger partial charge in [0.2, 0.25) is 15.9 Å². The molecule has 0 radical (unpaired) electrons. The Morgan fingerprint density at radius 2 is 2.17 bits per heavy atom. The quantitative estimate of drug-likeness (QED) is 0.894. The van der Waals surface area contributed by atoms with E-state index >= 15 is 0 Å². The van der Waals surface area contributed by atoms with Crippen LogP contribution in [0.25, 0.3) is 0 Å². The fraction of sp³-hybridized carbons (Fsp3) is 0.562. The van der Waals surface area contributed by atoms with E-state index in [0.717, 1.165) is 19.3 Å². The van der Waals surface area contributed by atoms with Crippen molar-refractivity contribution in [1.82, 2.24) is 9.62 Å². The number of thioether (sulfide) groups is 1. The summed E-state index contributed by atoms with van der Waals surface area (Å²) in [6.07, 6.45) is 3.55. The van der Waals surface area contributed by atoms with Crippen LogP contribution in [0.5, 0.6) is 0 Å². The summed E-state index contributed by atoms with van der Waals surface area (Å²) in [5.41, 5.74) is 2.45. The molecule has 1 saturated heterocycles. The van der Waals surface area contributed by atoms with Gasteiger partial charge in [0.15, 0.2) is 0 Å². The number of fused-ring (bicyclic) bond motifs is 1. The molecule has 0 aromatic heterocycles. The molecule has 2 atom stereocenters. The number of piperidine rings is 1. The lowest BCUT2D eigenvalue weighted by Gasteiger charge is -2.34.